The molecular formula is C14H16ClN3. The molecular weight excluding hydrogens is 246 g/mol. The number of alkyl halides is 1. The Labute approximate surface area is 112 Å². The summed E-state index contributed by atoms with van der Waals surface area (Å²) < 4.78 is 0. The van der Waals surface area contributed by atoms with Crippen LogP contribution in [0.1, 0.15) is 18.1 Å². The van der Waals surface area contributed by atoms with Gasteiger partial charge in [0.25, 0.3) is 0 Å². The predicted octanol–water partition coefficient (Wildman–Crippen LogP) is 3.24. The third kappa shape index (κ3) is 2.99. The van der Waals surface area contributed by atoms with Crippen molar-refractivity contribution in [3.63, 3.8) is 0 Å². The van der Waals surface area contributed by atoms with E-state index in [1.165, 1.54) is 5.56 Å². The molecule has 0 aliphatic carbocycles. The highest BCUT2D eigenvalue weighted by molar-refractivity contribution is 6.17. The van der Waals surface area contributed by atoms with Crippen LogP contribution in [0.5, 0.6) is 0 Å². The van der Waals surface area contributed by atoms with E-state index in [-0.39, 0.29) is 0 Å². The van der Waals surface area contributed by atoms with Crippen molar-refractivity contribution in [2.24, 2.45) is 0 Å². The lowest BCUT2D eigenvalue weighted by Crippen LogP contribution is -2.23. The highest BCUT2D eigenvalue weighted by Crippen LogP contribution is 2.22. The van der Waals surface area contributed by atoms with E-state index in [9.17, 15) is 0 Å². The number of halogens is 1. The number of hydrogen-bond acceptors (Lipinski definition) is 3. The van der Waals surface area contributed by atoms with Crippen LogP contribution in [0.4, 0.5) is 5.69 Å². The minimum Gasteiger partial charge on any atom is -0.367 e. The third-order valence-corrected chi connectivity index (χ3v) is 3.15. The van der Waals surface area contributed by atoms with Crippen LogP contribution in [-0.4, -0.2) is 16.5 Å². The van der Waals surface area contributed by atoms with Gasteiger partial charge >= 0.3 is 0 Å². The molecule has 4 heteroatoms. The number of pyridine rings is 2. The Kier molecular flexibility index (Phi) is 4.53. The van der Waals surface area contributed by atoms with E-state index in [0.29, 0.717) is 5.88 Å². The molecule has 2 aromatic rings. The van der Waals surface area contributed by atoms with Crippen LogP contribution in [0.25, 0.3) is 0 Å². The van der Waals surface area contributed by atoms with E-state index in [2.05, 4.69) is 21.8 Å². The Morgan fingerprint density at radius 3 is 2.50 bits per heavy atom. The quantitative estimate of drug-likeness (QED) is 0.774. The molecule has 0 saturated heterocycles. The van der Waals surface area contributed by atoms with E-state index < -0.39 is 0 Å². The number of aromatic nitrogens is 2. The topological polar surface area (TPSA) is 29.0 Å². The van der Waals surface area contributed by atoms with Crippen LogP contribution in [0, 0.1) is 0 Å². The summed E-state index contributed by atoms with van der Waals surface area (Å²) in [5.74, 6) is 0.482. The summed E-state index contributed by atoms with van der Waals surface area (Å²) in [4.78, 5) is 10.4. The van der Waals surface area contributed by atoms with Crippen LogP contribution in [-0.2, 0) is 12.4 Å². The Bertz CT molecular complexity index is 487. The fourth-order valence-electron chi connectivity index (χ4n) is 1.91. The summed E-state index contributed by atoms with van der Waals surface area (Å²) in [7, 11) is 0. The molecule has 0 aromatic carbocycles. The van der Waals surface area contributed by atoms with Crippen molar-refractivity contribution in [3.05, 3.63) is 54.1 Å². The number of rotatable bonds is 5. The second-order valence-electron chi connectivity index (χ2n) is 4.01. The van der Waals surface area contributed by atoms with Crippen molar-refractivity contribution < 1.29 is 0 Å². The average molecular weight is 262 g/mol. The van der Waals surface area contributed by atoms with Gasteiger partial charge in [-0.1, -0.05) is 0 Å². The van der Waals surface area contributed by atoms with E-state index in [1.54, 1.807) is 6.20 Å². The van der Waals surface area contributed by atoms with Gasteiger partial charge in [-0.15, -0.1) is 11.6 Å². The van der Waals surface area contributed by atoms with Gasteiger partial charge in [0.1, 0.15) is 0 Å². The van der Waals surface area contributed by atoms with E-state index in [0.717, 1.165) is 24.3 Å². The van der Waals surface area contributed by atoms with E-state index in [1.807, 2.05) is 36.8 Å². The second-order valence-corrected chi connectivity index (χ2v) is 4.27. The monoisotopic (exact) mass is 261 g/mol. The normalized spacial score (nSPS) is 10.3. The highest BCUT2D eigenvalue weighted by atomic mass is 35.5. The summed E-state index contributed by atoms with van der Waals surface area (Å²) in [6.07, 6.45) is 7.27. The molecule has 2 heterocycles. The van der Waals surface area contributed by atoms with Gasteiger partial charge in [0.2, 0.25) is 0 Å². The maximum Gasteiger partial charge on any atom is 0.0509 e. The molecule has 0 fully saturated rings. The van der Waals surface area contributed by atoms with Gasteiger partial charge in [-0.25, -0.2) is 0 Å². The molecule has 0 radical (unpaired) electrons. The first-order valence-electron chi connectivity index (χ1n) is 5.98. The maximum absolute atomic E-state index is 5.96. The molecule has 0 unspecified atom stereocenters. The second kappa shape index (κ2) is 6.36. The molecule has 0 atom stereocenters. The lowest BCUT2D eigenvalue weighted by molar-refractivity contribution is 0.824. The van der Waals surface area contributed by atoms with Gasteiger partial charge < -0.3 is 4.90 Å². The SMILES string of the molecule is CCN(Cc1ccncc1)c1ccncc1CCl. The van der Waals surface area contributed by atoms with E-state index >= 15 is 0 Å². The zero-order chi connectivity index (χ0) is 12.8. The Balaban J connectivity index is 2.23. The Morgan fingerprint density at radius 2 is 1.83 bits per heavy atom. The van der Waals surface area contributed by atoms with Gasteiger partial charge in [-0.05, 0) is 30.7 Å². The lowest BCUT2D eigenvalue weighted by Gasteiger charge is -2.25. The summed E-state index contributed by atoms with van der Waals surface area (Å²) in [6, 6.07) is 6.08. The Morgan fingerprint density at radius 1 is 1.11 bits per heavy atom. The zero-order valence-electron chi connectivity index (χ0n) is 10.4. The number of anilines is 1. The summed E-state index contributed by atoms with van der Waals surface area (Å²) in [6.45, 7) is 3.92. The standard InChI is InChI=1S/C14H16ClN3/c1-2-18(11-12-3-6-16-7-4-12)14-5-8-17-10-13(14)9-15/h3-8,10H,2,9,11H2,1H3. The Hall–Kier alpha value is -1.61. The molecule has 94 valence electrons. The van der Waals surface area contributed by atoms with Gasteiger partial charge in [0, 0.05) is 49.1 Å². The molecule has 0 saturated carbocycles. The lowest BCUT2D eigenvalue weighted by atomic mass is 10.2. The minimum absolute atomic E-state index is 0.482. The minimum atomic E-state index is 0.482. The van der Waals surface area contributed by atoms with Gasteiger partial charge in [-0.3, -0.25) is 9.97 Å². The summed E-state index contributed by atoms with van der Waals surface area (Å²) in [5, 5.41) is 0. The average Bonchev–Trinajstić information content (AvgIpc) is 2.46. The first-order valence-corrected chi connectivity index (χ1v) is 6.51. The first kappa shape index (κ1) is 12.8. The van der Waals surface area contributed by atoms with Crippen molar-refractivity contribution in [1.82, 2.24) is 9.97 Å². The molecule has 18 heavy (non-hydrogen) atoms. The largest absolute Gasteiger partial charge is 0.367 e. The predicted molar refractivity (Wildman–Crippen MR) is 74.8 cm³/mol. The van der Waals surface area contributed by atoms with Crippen LogP contribution in [0.3, 0.4) is 0 Å². The van der Waals surface area contributed by atoms with Crippen LogP contribution < -0.4 is 4.90 Å². The molecule has 2 rings (SSSR count). The van der Waals surface area contributed by atoms with Crippen molar-refractivity contribution in [2.75, 3.05) is 11.4 Å². The maximum atomic E-state index is 5.96. The highest BCUT2D eigenvalue weighted by Gasteiger charge is 2.09. The zero-order valence-corrected chi connectivity index (χ0v) is 11.1. The molecule has 0 aliphatic rings. The van der Waals surface area contributed by atoms with Crippen LogP contribution in [0.15, 0.2) is 43.0 Å². The van der Waals surface area contributed by atoms with Crippen LogP contribution >= 0.6 is 11.6 Å². The fourth-order valence-corrected chi connectivity index (χ4v) is 2.11. The van der Waals surface area contributed by atoms with Crippen LogP contribution in [0.2, 0.25) is 0 Å². The van der Waals surface area contributed by atoms with Gasteiger partial charge in [0.15, 0.2) is 0 Å². The number of hydrogen-bond donors (Lipinski definition) is 0. The smallest absolute Gasteiger partial charge is 0.0509 e. The first-order chi connectivity index (χ1) is 8.85. The molecule has 0 amide bonds. The van der Waals surface area contributed by atoms with Crippen molar-refractivity contribution in [3.8, 4) is 0 Å². The molecule has 0 aliphatic heterocycles. The third-order valence-electron chi connectivity index (χ3n) is 2.87. The molecule has 0 N–H and O–H groups in total. The molecule has 0 bridgehead atoms. The molecule has 3 nitrogen and oxygen atoms in total. The molecule has 0 spiro atoms. The van der Waals surface area contributed by atoms with Gasteiger partial charge in [-0.2, -0.15) is 0 Å². The van der Waals surface area contributed by atoms with Crippen molar-refractivity contribution in [2.45, 2.75) is 19.3 Å². The van der Waals surface area contributed by atoms with Crippen molar-refractivity contribution in [1.29, 1.82) is 0 Å². The van der Waals surface area contributed by atoms with E-state index in [4.69, 9.17) is 11.6 Å². The van der Waals surface area contributed by atoms with Gasteiger partial charge in [0.05, 0.1) is 5.88 Å². The molecule has 2 aromatic heterocycles. The summed E-state index contributed by atoms with van der Waals surface area (Å²) >= 11 is 5.96. The summed E-state index contributed by atoms with van der Waals surface area (Å²) in [5.41, 5.74) is 3.46. The number of nitrogens with zero attached hydrogens (tertiary/aromatic N) is 3. The fraction of sp³-hybridized carbons (Fsp3) is 0.286. The van der Waals surface area contributed by atoms with Crippen molar-refractivity contribution >= 4 is 17.3 Å².